The van der Waals surface area contributed by atoms with Gasteiger partial charge >= 0.3 is 7.82 Å². The topological polar surface area (TPSA) is 105 Å². The van der Waals surface area contributed by atoms with Crippen LogP contribution >= 0.6 is 7.82 Å². The number of aliphatic hydroxyl groups excluding tert-OH is 1. The Morgan fingerprint density at radius 3 is 1.53 bits per heavy atom. The molecule has 0 radical (unpaired) electrons. The summed E-state index contributed by atoms with van der Waals surface area (Å²) in [5, 5.41) is 13.4. The van der Waals surface area contributed by atoms with Gasteiger partial charge in [0.25, 0.3) is 0 Å². The molecule has 3 atom stereocenters. The van der Waals surface area contributed by atoms with Crippen LogP contribution in [-0.2, 0) is 18.4 Å². The molecular formula is C42H82N2O6P+. The molecule has 0 aliphatic carbocycles. The standard InChI is InChI=1S/C42H81N2O6P/c1-6-8-9-10-11-12-13-14-15-16-17-18-19-20-21-22-23-24-25-26-27-28-29-30-31-32-33-34-36-41(45)40(43-42(46)35-7-2)39-50-51(47,48)49-38-37-44(3,4)5/h26-27,30-31,34,36,40-41,45H,6-25,28-29,32-33,35,37-39H2,1-5H3,(H-,43,46,47,48)/p+1/b27-26+,31-30+,36-34+. The summed E-state index contributed by atoms with van der Waals surface area (Å²) in [4.78, 5) is 22.2. The highest BCUT2D eigenvalue weighted by molar-refractivity contribution is 7.47. The number of likely N-dealkylation sites (N-methyl/N-ethyl adjacent to an activating group) is 1. The number of unbranched alkanes of at least 4 members (excludes halogenated alkanes) is 20. The number of phosphoric ester groups is 1. The Morgan fingerprint density at radius 2 is 1.08 bits per heavy atom. The first-order valence-electron chi connectivity index (χ1n) is 20.9. The Morgan fingerprint density at radius 1 is 0.647 bits per heavy atom. The number of hydrogen-bond acceptors (Lipinski definition) is 5. The molecule has 0 saturated carbocycles. The van der Waals surface area contributed by atoms with Gasteiger partial charge in [0, 0.05) is 6.42 Å². The second-order valence-corrected chi connectivity index (χ2v) is 16.8. The van der Waals surface area contributed by atoms with Gasteiger partial charge < -0.3 is 19.8 Å². The van der Waals surface area contributed by atoms with Crippen LogP contribution in [0.4, 0.5) is 0 Å². The average molecular weight is 742 g/mol. The monoisotopic (exact) mass is 742 g/mol. The number of carbonyl (C=O) groups excluding carboxylic acids is 1. The number of carbonyl (C=O) groups is 1. The van der Waals surface area contributed by atoms with Crippen molar-refractivity contribution in [2.45, 2.75) is 187 Å². The first-order valence-corrected chi connectivity index (χ1v) is 22.4. The molecule has 0 rings (SSSR count). The molecular weight excluding hydrogens is 659 g/mol. The highest BCUT2D eigenvalue weighted by Crippen LogP contribution is 2.43. The molecule has 9 heteroatoms. The molecule has 3 N–H and O–H groups in total. The molecule has 0 fully saturated rings. The second-order valence-electron chi connectivity index (χ2n) is 15.4. The number of aliphatic hydroxyl groups is 1. The fraction of sp³-hybridized carbons (Fsp3) is 0.833. The van der Waals surface area contributed by atoms with Crippen molar-refractivity contribution in [3.63, 3.8) is 0 Å². The van der Waals surface area contributed by atoms with Gasteiger partial charge in [-0.2, -0.15) is 0 Å². The van der Waals surface area contributed by atoms with E-state index in [4.69, 9.17) is 9.05 Å². The number of rotatable bonds is 37. The van der Waals surface area contributed by atoms with Crippen LogP contribution in [0.3, 0.4) is 0 Å². The lowest BCUT2D eigenvalue weighted by atomic mass is 10.0. The third-order valence-electron chi connectivity index (χ3n) is 9.06. The lowest BCUT2D eigenvalue weighted by molar-refractivity contribution is -0.870. The molecule has 1 amide bonds. The van der Waals surface area contributed by atoms with E-state index in [2.05, 4.69) is 36.5 Å². The molecule has 0 spiro atoms. The third-order valence-corrected chi connectivity index (χ3v) is 10.0. The van der Waals surface area contributed by atoms with Crippen LogP contribution in [0, 0.1) is 0 Å². The molecule has 0 aromatic rings. The van der Waals surface area contributed by atoms with E-state index in [0.717, 1.165) is 25.7 Å². The normalized spacial score (nSPS) is 14.9. The maximum Gasteiger partial charge on any atom is 0.472 e. The average Bonchev–Trinajstić information content (AvgIpc) is 3.07. The van der Waals surface area contributed by atoms with Crippen LogP contribution in [0.15, 0.2) is 36.5 Å². The lowest BCUT2D eigenvalue weighted by Crippen LogP contribution is -2.45. The number of nitrogens with one attached hydrogen (secondary N) is 1. The van der Waals surface area contributed by atoms with Gasteiger partial charge in [0.15, 0.2) is 0 Å². The zero-order valence-corrected chi connectivity index (χ0v) is 34.7. The number of hydrogen-bond donors (Lipinski definition) is 3. The molecule has 0 aromatic carbocycles. The Kier molecular flexibility index (Phi) is 33.6. The number of amides is 1. The zero-order chi connectivity index (χ0) is 37.9. The summed E-state index contributed by atoms with van der Waals surface area (Å²) in [6.45, 7) is 4.41. The van der Waals surface area contributed by atoms with Gasteiger partial charge in [0.2, 0.25) is 5.91 Å². The smallest absolute Gasteiger partial charge is 0.387 e. The summed E-state index contributed by atoms with van der Waals surface area (Å²) in [7, 11) is 1.54. The minimum atomic E-state index is -4.31. The van der Waals surface area contributed by atoms with Crippen molar-refractivity contribution in [3.05, 3.63) is 36.5 Å². The molecule has 51 heavy (non-hydrogen) atoms. The quantitative estimate of drug-likeness (QED) is 0.0253. The van der Waals surface area contributed by atoms with E-state index in [9.17, 15) is 19.4 Å². The Balaban J connectivity index is 3.92. The zero-order valence-electron chi connectivity index (χ0n) is 33.8. The van der Waals surface area contributed by atoms with Crippen LogP contribution in [0.25, 0.3) is 0 Å². The second kappa shape index (κ2) is 34.5. The minimum absolute atomic E-state index is 0.0516. The van der Waals surface area contributed by atoms with Crippen molar-refractivity contribution >= 4 is 13.7 Å². The predicted octanol–water partition coefficient (Wildman–Crippen LogP) is 11.1. The van der Waals surface area contributed by atoms with Crippen molar-refractivity contribution in [2.24, 2.45) is 0 Å². The maximum absolute atomic E-state index is 12.3. The fourth-order valence-electron chi connectivity index (χ4n) is 5.76. The number of phosphoric acid groups is 1. The molecule has 0 bridgehead atoms. The van der Waals surface area contributed by atoms with Crippen molar-refractivity contribution < 1.29 is 32.9 Å². The molecule has 0 heterocycles. The first kappa shape index (κ1) is 49.7. The van der Waals surface area contributed by atoms with Crippen LogP contribution in [0.5, 0.6) is 0 Å². The first-order chi connectivity index (χ1) is 24.5. The van der Waals surface area contributed by atoms with Crippen LogP contribution in [0.2, 0.25) is 0 Å². The SMILES string of the molecule is CCCCCCCCCCCCCCCCCCCC/C=C/CC/C=C/CC/C=C/C(O)C(COP(=O)(O)OCC[N+](C)(C)C)NC(=O)CCC. The number of allylic oxidation sites excluding steroid dienone is 5. The van der Waals surface area contributed by atoms with E-state index in [1.165, 1.54) is 122 Å². The molecule has 8 nitrogen and oxygen atoms in total. The molecule has 0 saturated heterocycles. The summed E-state index contributed by atoms with van der Waals surface area (Å²) in [5.74, 6) is -0.246. The highest BCUT2D eigenvalue weighted by atomic mass is 31.2. The van der Waals surface area contributed by atoms with Crippen molar-refractivity contribution in [1.29, 1.82) is 0 Å². The van der Waals surface area contributed by atoms with Gasteiger partial charge in [-0.15, -0.1) is 0 Å². The van der Waals surface area contributed by atoms with Crippen LogP contribution < -0.4 is 5.32 Å². The summed E-state index contributed by atoms with van der Waals surface area (Å²) in [6, 6.07) is -0.862. The van der Waals surface area contributed by atoms with E-state index < -0.39 is 20.0 Å². The molecule has 3 unspecified atom stereocenters. The summed E-state index contributed by atoms with van der Waals surface area (Å²) in [5.41, 5.74) is 0. The largest absolute Gasteiger partial charge is 0.472 e. The van der Waals surface area contributed by atoms with E-state index in [0.29, 0.717) is 23.9 Å². The van der Waals surface area contributed by atoms with Gasteiger partial charge in [-0.1, -0.05) is 159 Å². The summed E-state index contributed by atoms with van der Waals surface area (Å²) in [6.07, 6.45) is 42.6. The lowest BCUT2D eigenvalue weighted by Gasteiger charge is -2.25. The predicted molar refractivity (Wildman–Crippen MR) is 217 cm³/mol. The third kappa shape index (κ3) is 36.9. The van der Waals surface area contributed by atoms with E-state index in [1.807, 2.05) is 34.1 Å². The highest BCUT2D eigenvalue weighted by Gasteiger charge is 2.27. The molecule has 300 valence electrons. The van der Waals surface area contributed by atoms with Gasteiger partial charge in [-0.3, -0.25) is 13.8 Å². The maximum atomic E-state index is 12.3. The molecule has 0 aromatic heterocycles. The van der Waals surface area contributed by atoms with Gasteiger partial charge in [-0.05, 0) is 44.9 Å². The van der Waals surface area contributed by atoms with Gasteiger partial charge in [0.05, 0.1) is 39.9 Å². The summed E-state index contributed by atoms with van der Waals surface area (Å²) >= 11 is 0. The van der Waals surface area contributed by atoms with Crippen molar-refractivity contribution in [3.8, 4) is 0 Å². The van der Waals surface area contributed by atoms with Crippen LogP contribution in [-0.4, -0.2) is 73.4 Å². The Hall–Kier alpha value is -1.28. The van der Waals surface area contributed by atoms with E-state index >= 15 is 0 Å². The Labute approximate surface area is 315 Å². The van der Waals surface area contributed by atoms with Crippen molar-refractivity contribution in [1.82, 2.24) is 5.32 Å². The van der Waals surface area contributed by atoms with Crippen LogP contribution in [0.1, 0.15) is 174 Å². The fourth-order valence-corrected chi connectivity index (χ4v) is 6.50. The summed E-state index contributed by atoms with van der Waals surface area (Å²) < 4.78 is 23.1. The van der Waals surface area contributed by atoms with E-state index in [-0.39, 0.29) is 19.1 Å². The molecule has 0 aliphatic heterocycles. The van der Waals surface area contributed by atoms with Crippen molar-refractivity contribution in [2.75, 3.05) is 40.9 Å². The molecule has 0 aliphatic rings. The Bertz CT molecular complexity index is 933. The number of quaternary nitrogens is 1. The van der Waals surface area contributed by atoms with Gasteiger partial charge in [0.1, 0.15) is 13.2 Å². The van der Waals surface area contributed by atoms with Gasteiger partial charge in [-0.25, -0.2) is 4.57 Å². The number of nitrogens with zero attached hydrogens (tertiary/aromatic N) is 1. The minimum Gasteiger partial charge on any atom is -0.387 e. The van der Waals surface area contributed by atoms with E-state index in [1.54, 1.807) is 6.08 Å².